The van der Waals surface area contributed by atoms with Crippen LogP contribution in [0.15, 0.2) is 41.3 Å². The lowest BCUT2D eigenvalue weighted by molar-refractivity contribution is 0.373. The number of methoxy groups -OCH3 is 1. The highest BCUT2D eigenvalue weighted by atomic mass is 32.2. The first-order valence-electron chi connectivity index (χ1n) is 9.69. The molecule has 2 aliphatic rings. The second-order valence-corrected chi connectivity index (χ2v) is 9.25. The van der Waals surface area contributed by atoms with E-state index >= 15 is 0 Å². The molecule has 0 unspecified atom stereocenters. The molecule has 1 fully saturated rings. The van der Waals surface area contributed by atoms with E-state index in [1.54, 1.807) is 12.1 Å². The molecule has 0 bridgehead atoms. The van der Waals surface area contributed by atoms with Gasteiger partial charge >= 0.3 is 0 Å². The van der Waals surface area contributed by atoms with E-state index in [0.29, 0.717) is 31.9 Å². The van der Waals surface area contributed by atoms with Gasteiger partial charge in [-0.3, -0.25) is 0 Å². The van der Waals surface area contributed by atoms with Gasteiger partial charge in [-0.15, -0.1) is 0 Å². The number of piperazine rings is 1. The number of sulfonamides is 1. The summed E-state index contributed by atoms with van der Waals surface area (Å²) in [5, 5.41) is 0. The molecule has 0 N–H and O–H groups in total. The Morgan fingerprint density at radius 3 is 2.14 bits per heavy atom. The minimum atomic E-state index is -3.63. The molecule has 0 spiro atoms. The average molecular weight is 405 g/mol. The molecule has 7 heteroatoms. The maximum atomic E-state index is 13.3. The van der Waals surface area contributed by atoms with E-state index < -0.39 is 10.0 Å². The second-order valence-electron chi connectivity index (χ2n) is 7.35. The summed E-state index contributed by atoms with van der Waals surface area (Å²) in [7, 11) is -2.11. The van der Waals surface area contributed by atoms with Crippen molar-refractivity contribution in [2.24, 2.45) is 0 Å². The molecule has 4 rings (SSSR count). The SMILES string of the molecule is COc1cc2c(cc1S(=O)(=O)N1CCN(c3ccc(F)cc3)CC1)CCCC2. The Kier molecular flexibility index (Phi) is 5.29. The first-order valence-corrected chi connectivity index (χ1v) is 11.1. The third kappa shape index (κ3) is 3.61. The molecule has 0 amide bonds. The molecular formula is C21H25FN2O3S. The van der Waals surface area contributed by atoms with Crippen LogP contribution >= 0.6 is 0 Å². The van der Waals surface area contributed by atoms with Crippen molar-refractivity contribution in [3.05, 3.63) is 53.3 Å². The van der Waals surface area contributed by atoms with Gasteiger partial charge < -0.3 is 9.64 Å². The fourth-order valence-electron chi connectivity index (χ4n) is 4.08. The number of benzene rings is 2. The smallest absolute Gasteiger partial charge is 0.246 e. The predicted molar refractivity (Wildman–Crippen MR) is 107 cm³/mol. The van der Waals surface area contributed by atoms with Crippen molar-refractivity contribution >= 4 is 15.7 Å². The van der Waals surface area contributed by atoms with Gasteiger partial charge in [0, 0.05) is 31.9 Å². The predicted octanol–water partition coefficient (Wildman–Crippen LogP) is 3.22. The quantitative estimate of drug-likeness (QED) is 0.785. The molecule has 0 atom stereocenters. The molecule has 5 nitrogen and oxygen atoms in total. The molecule has 0 aromatic heterocycles. The van der Waals surface area contributed by atoms with Gasteiger partial charge in [-0.2, -0.15) is 4.31 Å². The van der Waals surface area contributed by atoms with Gasteiger partial charge in [0.05, 0.1) is 7.11 Å². The van der Waals surface area contributed by atoms with E-state index in [-0.39, 0.29) is 10.7 Å². The van der Waals surface area contributed by atoms with E-state index in [1.165, 1.54) is 29.1 Å². The molecule has 1 aliphatic heterocycles. The maximum Gasteiger partial charge on any atom is 0.246 e. The highest BCUT2D eigenvalue weighted by Gasteiger charge is 2.32. The first kappa shape index (κ1) is 19.2. The Morgan fingerprint density at radius 2 is 1.54 bits per heavy atom. The van der Waals surface area contributed by atoms with E-state index in [2.05, 4.69) is 4.90 Å². The number of fused-ring (bicyclic) bond motifs is 1. The van der Waals surface area contributed by atoms with Gasteiger partial charge in [0.25, 0.3) is 0 Å². The largest absolute Gasteiger partial charge is 0.495 e. The Bertz CT molecular complexity index is 952. The average Bonchev–Trinajstić information content (AvgIpc) is 2.73. The van der Waals surface area contributed by atoms with Crippen LogP contribution in [0.5, 0.6) is 5.75 Å². The van der Waals surface area contributed by atoms with Crippen molar-refractivity contribution in [3.63, 3.8) is 0 Å². The van der Waals surface area contributed by atoms with Crippen molar-refractivity contribution < 1.29 is 17.5 Å². The molecule has 1 heterocycles. The maximum absolute atomic E-state index is 13.3. The molecule has 0 radical (unpaired) electrons. The third-order valence-corrected chi connectivity index (χ3v) is 7.60. The lowest BCUT2D eigenvalue weighted by atomic mass is 9.92. The number of halogens is 1. The first-order chi connectivity index (χ1) is 13.5. The summed E-state index contributed by atoms with van der Waals surface area (Å²) in [4.78, 5) is 2.35. The summed E-state index contributed by atoms with van der Waals surface area (Å²) in [5.74, 6) is 0.158. The van der Waals surface area contributed by atoms with Crippen molar-refractivity contribution in [2.75, 3.05) is 38.2 Å². The van der Waals surface area contributed by atoms with Crippen LogP contribution in [0.4, 0.5) is 10.1 Å². The van der Waals surface area contributed by atoms with Crippen LogP contribution in [0.25, 0.3) is 0 Å². The summed E-state index contributed by atoms with van der Waals surface area (Å²) in [5.41, 5.74) is 3.23. The zero-order chi connectivity index (χ0) is 19.7. The van der Waals surface area contributed by atoms with Crippen LogP contribution in [-0.2, 0) is 22.9 Å². The van der Waals surface area contributed by atoms with Gasteiger partial charge in [-0.05, 0) is 73.2 Å². The van der Waals surface area contributed by atoms with Crippen LogP contribution in [-0.4, -0.2) is 46.0 Å². The number of rotatable bonds is 4. The molecule has 2 aromatic rings. The summed E-state index contributed by atoms with van der Waals surface area (Å²) in [6.07, 6.45) is 4.12. The number of nitrogens with zero attached hydrogens (tertiary/aromatic N) is 2. The highest BCUT2D eigenvalue weighted by molar-refractivity contribution is 7.89. The topological polar surface area (TPSA) is 49.9 Å². The number of ether oxygens (including phenoxy) is 1. The van der Waals surface area contributed by atoms with Crippen molar-refractivity contribution in [1.29, 1.82) is 0 Å². The lowest BCUT2D eigenvalue weighted by Gasteiger charge is -2.35. The molecular weight excluding hydrogens is 379 g/mol. The Morgan fingerprint density at radius 1 is 0.929 bits per heavy atom. The van der Waals surface area contributed by atoms with Crippen molar-refractivity contribution in [3.8, 4) is 5.75 Å². The second kappa shape index (κ2) is 7.72. The van der Waals surface area contributed by atoms with Crippen LogP contribution in [0.3, 0.4) is 0 Å². The summed E-state index contributed by atoms with van der Waals surface area (Å²) in [6.45, 7) is 1.91. The van der Waals surface area contributed by atoms with Crippen LogP contribution in [0.2, 0.25) is 0 Å². The number of hydrogen-bond acceptors (Lipinski definition) is 4. The summed E-state index contributed by atoms with van der Waals surface area (Å²) in [6, 6.07) is 10.0. The number of hydrogen-bond donors (Lipinski definition) is 0. The van der Waals surface area contributed by atoms with E-state index in [9.17, 15) is 12.8 Å². The number of anilines is 1. The third-order valence-electron chi connectivity index (χ3n) is 5.68. The van der Waals surface area contributed by atoms with Crippen molar-refractivity contribution in [2.45, 2.75) is 30.6 Å². The Hall–Kier alpha value is -2.12. The van der Waals surface area contributed by atoms with Gasteiger partial charge in [0.2, 0.25) is 10.0 Å². The van der Waals surface area contributed by atoms with Gasteiger partial charge in [0.1, 0.15) is 16.5 Å². The highest BCUT2D eigenvalue weighted by Crippen LogP contribution is 2.34. The van der Waals surface area contributed by atoms with Crippen LogP contribution in [0, 0.1) is 5.82 Å². The van der Waals surface area contributed by atoms with Gasteiger partial charge in [0.15, 0.2) is 0 Å². The Balaban J connectivity index is 1.55. The van der Waals surface area contributed by atoms with Crippen molar-refractivity contribution in [1.82, 2.24) is 4.31 Å². The summed E-state index contributed by atoms with van der Waals surface area (Å²) >= 11 is 0. The Labute approximate surface area is 165 Å². The van der Waals surface area contributed by atoms with E-state index in [1.807, 2.05) is 12.1 Å². The van der Waals surface area contributed by atoms with Gasteiger partial charge in [-0.25, -0.2) is 12.8 Å². The fourth-order valence-corrected chi connectivity index (χ4v) is 5.69. The van der Waals surface area contributed by atoms with Gasteiger partial charge in [-0.1, -0.05) is 0 Å². The molecule has 1 saturated heterocycles. The fraction of sp³-hybridized carbons (Fsp3) is 0.429. The lowest BCUT2D eigenvalue weighted by Crippen LogP contribution is -2.48. The molecule has 0 saturated carbocycles. The summed E-state index contributed by atoms with van der Waals surface area (Å²) < 4.78 is 46.7. The molecule has 2 aromatic carbocycles. The minimum Gasteiger partial charge on any atom is -0.495 e. The standard InChI is InChI=1S/C21H25FN2O3S/c1-27-20-14-16-4-2-3-5-17(16)15-21(20)28(25,26)24-12-10-23(11-13-24)19-8-6-18(22)7-9-19/h6-9,14-15H,2-5,10-13H2,1H3. The zero-order valence-electron chi connectivity index (χ0n) is 16.0. The monoisotopic (exact) mass is 404 g/mol. The number of aryl methyl sites for hydroxylation is 2. The van der Waals surface area contributed by atoms with Crippen LogP contribution in [0.1, 0.15) is 24.0 Å². The molecule has 150 valence electrons. The van der Waals surface area contributed by atoms with E-state index in [4.69, 9.17) is 4.74 Å². The zero-order valence-corrected chi connectivity index (χ0v) is 16.8. The van der Waals surface area contributed by atoms with Crippen LogP contribution < -0.4 is 9.64 Å². The molecule has 1 aliphatic carbocycles. The van der Waals surface area contributed by atoms with E-state index in [0.717, 1.165) is 36.9 Å². The minimum absolute atomic E-state index is 0.269. The molecule has 28 heavy (non-hydrogen) atoms. The normalized spacial score (nSPS) is 18.0.